The van der Waals surface area contributed by atoms with Crippen molar-refractivity contribution in [1.29, 1.82) is 0 Å². The number of nitrogens with one attached hydrogen (secondary N) is 2. The zero-order chi connectivity index (χ0) is 13.9. The second-order valence-electron chi connectivity index (χ2n) is 5.12. The zero-order valence-corrected chi connectivity index (χ0v) is 11.3. The first-order valence-electron chi connectivity index (χ1n) is 6.76. The van der Waals surface area contributed by atoms with E-state index >= 15 is 0 Å². The van der Waals surface area contributed by atoms with Crippen molar-refractivity contribution in [3.63, 3.8) is 0 Å². The minimum Gasteiger partial charge on any atom is -0.493 e. The number of nitrogens with zero attached hydrogens (tertiary/aromatic N) is 1. The van der Waals surface area contributed by atoms with Crippen molar-refractivity contribution in [2.24, 2.45) is 5.92 Å². The Balaban J connectivity index is 1.88. The molecule has 5 nitrogen and oxygen atoms in total. The maximum atomic E-state index is 11.2. The highest BCUT2D eigenvalue weighted by molar-refractivity contribution is 5.90. The normalized spacial score (nSPS) is 14.1. The fourth-order valence-electron chi connectivity index (χ4n) is 2.05. The molecule has 1 fully saturated rings. The second-order valence-corrected chi connectivity index (χ2v) is 5.12. The number of rotatable bonds is 5. The fourth-order valence-corrected chi connectivity index (χ4v) is 2.05. The van der Waals surface area contributed by atoms with Gasteiger partial charge in [0.2, 0.25) is 5.91 Å². The fraction of sp³-hybridized carbons (Fsp3) is 0.333. The Morgan fingerprint density at radius 1 is 1.45 bits per heavy atom. The van der Waals surface area contributed by atoms with Gasteiger partial charge in [-0.15, -0.1) is 0 Å². The highest BCUT2D eigenvalue weighted by atomic mass is 16.5. The van der Waals surface area contributed by atoms with E-state index in [0.717, 1.165) is 29.3 Å². The summed E-state index contributed by atoms with van der Waals surface area (Å²) < 4.78 is 5.88. The molecule has 0 aliphatic heterocycles. The van der Waals surface area contributed by atoms with Crippen LogP contribution in [0.5, 0.6) is 5.75 Å². The highest BCUT2D eigenvalue weighted by Gasteiger charge is 2.22. The molecule has 104 valence electrons. The summed E-state index contributed by atoms with van der Waals surface area (Å²) >= 11 is 0. The van der Waals surface area contributed by atoms with E-state index in [1.54, 1.807) is 6.20 Å². The van der Waals surface area contributed by atoms with Crippen LogP contribution in [0.4, 0.5) is 5.69 Å². The van der Waals surface area contributed by atoms with Crippen molar-refractivity contribution in [3.05, 3.63) is 30.5 Å². The van der Waals surface area contributed by atoms with E-state index in [9.17, 15) is 4.79 Å². The molecule has 0 spiro atoms. The topological polar surface area (TPSA) is 67.0 Å². The summed E-state index contributed by atoms with van der Waals surface area (Å²) in [5.74, 6) is 1.42. The quantitative estimate of drug-likeness (QED) is 0.878. The van der Waals surface area contributed by atoms with Crippen molar-refractivity contribution in [3.8, 4) is 17.0 Å². The van der Waals surface area contributed by atoms with Gasteiger partial charge in [0.25, 0.3) is 0 Å². The van der Waals surface area contributed by atoms with Crippen molar-refractivity contribution >= 4 is 11.6 Å². The number of ether oxygens (including phenoxy) is 1. The first-order chi connectivity index (χ1) is 9.72. The number of hydrogen-bond donors (Lipinski definition) is 2. The number of H-pyrrole nitrogens is 1. The van der Waals surface area contributed by atoms with Gasteiger partial charge in [-0.05, 0) is 43.0 Å². The average Bonchev–Trinajstić information content (AvgIpc) is 3.09. The zero-order valence-electron chi connectivity index (χ0n) is 11.3. The molecule has 2 aromatic rings. The van der Waals surface area contributed by atoms with E-state index in [4.69, 9.17) is 4.74 Å². The molecule has 3 rings (SSSR count). The number of aromatic nitrogens is 2. The molecule has 20 heavy (non-hydrogen) atoms. The van der Waals surface area contributed by atoms with Gasteiger partial charge in [-0.2, -0.15) is 5.10 Å². The van der Waals surface area contributed by atoms with Crippen molar-refractivity contribution in [1.82, 2.24) is 10.2 Å². The first-order valence-corrected chi connectivity index (χ1v) is 6.76. The first kappa shape index (κ1) is 12.7. The summed E-state index contributed by atoms with van der Waals surface area (Å²) in [6, 6.07) is 7.53. The molecule has 0 saturated heterocycles. The van der Waals surface area contributed by atoms with Crippen LogP contribution in [0, 0.1) is 5.92 Å². The van der Waals surface area contributed by atoms with Gasteiger partial charge in [0, 0.05) is 24.4 Å². The van der Waals surface area contributed by atoms with Crippen LogP contribution in [-0.2, 0) is 4.79 Å². The van der Waals surface area contributed by atoms with Crippen molar-refractivity contribution in [2.75, 3.05) is 11.9 Å². The van der Waals surface area contributed by atoms with E-state index in [1.807, 2.05) is 24.3 Å². The van der Waals surface area contributed by atoms with E-state index in [2.05, 4.69) is 15.5 Å². The Hall–Kier alpha value is -2.30. The molecule has 1 aromatic carbocycles. The lowest BCUT2D eigenvalue weighted by Crippen LogP contribution is -2.06. The van der Waals surface area contributed by atoms with Gasteiger partial charge < -0.3 is 10.1 Å². The molecule has 1 aliphatic carbocycles. The monoisotopic (exact) mass is 271 g/mol. The molecule has 1 amide bonds. The molecular formula is C15H17N3O2. The molecule has 5 heteroatoms. The highest BCUT2D eigenvalue weighted by Crippen LogP contribution is 2.34. The van der Waals surface area contributed by atoms with Crippen molar-refractivity contribution in [2.45, 2.75) is 19.8 Å². The van der Waals surface area contributed by atoms with Crippen molar-refractivity contribution < 1.29 is 9.53 Å². The Kier molecular flexibility index (Phi) is 3.41. The number of anilines is 1. The van der Waals surface area contributed by atoms with Gasteiger partial charge in [-0.3, -0.25) is 9.89 Å². The minimum absolute atomic E-state index is 0.0905. The number of carbonyl (C=O) groups is 1. The summed E-state index contributed by atoms with van der Waals surface area (Å²) in [5, 5.41) is 9.69. The third-order valence-electron chi connectivity index (χ3n) is 3.26. The Morgan fingerprint density at radius 2 is 2.30 bits per heavy atom. The summed E-state index contributed by atoms with van der Waals surface area (Å²) in [6.45, 7) is 2.24. The summed E-state index contributed by atoms with van der Waals surface area (Å²) in [4.78, 5) is 11.2. The van der Waals surface area contributed by atoms with Gasteiger partial charge in [-0.1, -0.05) is 0 Å². The number of carbonyl (C=O) groups excluding carboxylic acids is 1. The van der Waals surface area contributed by atoms with Crippen LogP contribution in [0.15, 0.2) is 30.5 Å². The van der Waals surface area contributed by atoms with Crippen LogP contribution in [0.3, 0.4) is 0 Å². The van der Waals surface area contributed by atoms with Crippen LogP contribution < -0.4 is 10.1 Å². The SMILES string of the molecule is CC(=O)Nc1ccc(OCC2CC2)c(-c2ccn[nH]2)c1. The lowest BCUT2D eigenvalue weighted by atomic mass is 10.1. The van der Waals surface area contributed by atoms with E-state index in [-0.39, 0.29) is 5.91 Å². The largest absolute Gasteiger partial charge is 0.493 e. The number of benzene rings is 1. The smallest absolute Gasteiger partial charge is 0.221 e. The predicted molar refractivity (Wildman–Crippen MR) is 76.5 cm³/mol. The number of hydrogen-bond acceptors (Lipinski definition) is 3. The van der Waals surface area contributed by atoms with E-state index in [1.165, 1.54) is 19.8 Å². The third-order valence-corrected chi connectivity index (χ3v) is 3.26. The van der Waals surface area contributed by atoms with Gasteiger partial charge in [-0.25, -0.2) is 0 Å². The molecular weight excluding hydrogens is 254 g/mol. The Bertz CT molecular complexity index is 604. The summed E-state index contributed by atoms with van der Waals surface area (Å²) in [6.07, 6.45) is 4.21. The molecule has 0 atom stereocenters. The van der Waals surface area contributed by atoms with Crippen LogP contribution in [0.25, 0.3) is 11.3 Å². The lowest BCUT2D eigenvalue weighted by molar-refractivity contribution is -0.114. The number of aromatic amines is 1. The second kappa shape index (κ2) is 5.36. The predicted octanol–water partition coefficient (Wildman–Crippen LogP) is 2.82. The molecule has 1 aromatic heterocycles. The van der Waals surface area contributed by atoms with Gasteiger partial charge in [0.15, 0.2) is 0 Å². The molecule has 1 aliphatic rings. The molecule has 0 bridgehead atoms. The summed E-state index contributed by atoms with van der Waals surface area (Å²) in [5.41, 5.74) is 2.54. The van der Waals surface area contributed by atoms with Gasteiger partial charge >= 0.3 is 0 Å². The van der Waals surface area contributed by atoms with Crippen LogP contribution in [-0.4, -0.2) is 22.7 Å². The Labute approximate surface area is 117 Å². The van der Waals surface area contributed by atoms with Gasteiger partial charge in [0.1, 0.15) is 5.75 Å². The lowest BCUT2D eigenvalue weighted by Gasteiger charge is -2.12. The standard InChI is InChI=1S/C15H17N3O2/c1-10(19)17-12-4-5-15(20-9-11-2-3-11)13(8-12)14-6-7-16-18-14/h4-8,11H,2-3,9H2,1H3,(H,16,18)(H,17,19). The maximum Gasteiger partial charge on any atom is 0.221 e. The van der Waals surface area contributed by atoms with E-state index in [0.29, 0.717) is 5.92 Å². The summed E-state index contributed by atoms with van der Waals surface area (Å²) in [7, 11) is 0. The molecule has 0 unspecified atom stereocenters. The average molecular weight is 271 g/mol. The minimum atomic E-state index is -0.0905. The maximum absolute atomic E-state index is 11.2. The molecule has 1 heterocycles. The molecule has 0 radical (unpaired) electrons. The third kappa shape index (κ3) is 2.99. The van der Waals surface area contributed by atoms with Crippen LogP contribution in [0.1, 0.15) is 19.8 Å². The number of amides is 1. The van der Waals surface area contributed by atoms with Crippen LogP contribution in [0.2, 0.25) is 0 Å². The molecule has 1 saturated carbocycles. The molecule has 2 N–H and O–H groups in total. The van der Waals surface area contributed by atoms with Gasteiger partial charge in [0.05, 0.1) is 12.3 Å². The Morgan fingerprint density at radius 3 is 2.95 bits per heavy atom. The van der Waals surface area contributed by atoms with Crippen LogP contribution >= 0.6 is 0 Å². The van der Waals surface area contributed by atoms with E-state index < -0.39 is 0 Å².